The number of ketones is 1. The van der Waals surface area contributed by atoms with Gasteiger partial charge in [-0.05, 0) is 36.8 Å². The van der Waals surface area contributed by atoms with E-state index in [0.717, 1.165) is 37.3 Å². The molecule has 94 heavy (non-hydrogen) atoms. The van der Waals surface area contributed by atoms with Gasteiger partial charge in [0, 0.05) is 83.3 Å². The van der Waals surface area contributed by atoms with Crippen molar-refractivity contribution < 1.29 is 84.8 Å². The molecule has 2 aliphatic rings. The molecule has 2 fully saturated rings. The van der Waals surface area contributed by atoms with E-state index in [1.54, 1.807) is 10.9 Å². The van der Waals surface area contributed by atoms with E-state index in [9.17, 15) is 42.7 Å². The van der Waals surface area contributed by atoms with Crippen LogP contribution in [0.1, 0.15) is 64.3 Å². The summed E-state index contributed by atoms with van der Waals surface area (Å²) in [5.74, 6) is -7.09. The number of piperazine rings is 1. The third-order valence-corrected chi connectivity index (χ3v) is 15.2. The lowest BCUT2D eigenvalue weighted by Gasteiger charge is -2.41. The SMILES string of the molecule is COc1cnc(-n2cnc(C(=O)NCCCN3CCN(CCOCCOCCOCCOCc4cn(CCOCCOCCOCCOCCC(=O)Oc5c(F)cc(F)cc5F)nn4)CC3CCO)n2)c2[nH]cc(C(=O)C(=O)N3CCC(=C(C#N)c4ccccc4)CC3)c12. The fraction of sp³-hybridized carbons (Fsp3) is 0.524. The number of amides is 2. The Morgan fingerprint density at radius 3 is 2.06 bits per heavy atom. The molecular weight excluding hydrogens is 1240 g/mol. The van der Waals surface area contributed by atoms with Gasteiger partial charge in [-0.2, -0.15) is 9.94 Å². The van der Waals surface area contributed by atoms with Crippen LogP contribution in [0.25, 0.3) is 22.3 Å². The number of piperidine rings is 1. The number of ether oxygens (including phenoxy) is 10. The van der Waals surface area contributed by atoms with Crippen molar-refractivity contribution in [2.24, 2.45) is 0 Å². The van der Waals surface area contributed by atoms with E-state index in [4.69, 9.17) is 42.6 Å². The molecule has 1 unspecified atom stereocenters. The molecule has 2 saturated heterocycles. The zero-order valence-corrected chi connectivity index (χ0v) is 52.6. The number of benzene rings is 2. The summed E-state index contributed by atoms with van der Waals surface area (Å²) in [4.78, 5) is 70.5. The highest BCUT2D eigenvalue weighted by molar-refractivity contribution is 6.45. The van der Waals surface area contributed by atoms with E-state index in [1.807, 2.05) is 30.3 Å². The van der Waals surface area contributed by atoms with E-state index in [2.05, 4.69) is 56.3 Å². The number of pyridine rings is 1. The van der Waals surface area contributed by atoms with Gasteiger partial charge >= 0.3 is 5.97 Å². The van der Waals surface area contributed by atoms with Crippen LogP contribution >= 0.6 is 0 Å². The van der Waals surface area contributed by atoms with Gasteiger partial charge in [0.25, 0.3) is 17.6 Å². The predicted molar refractivity (Wildman–Crippen MR) is 329 cm³/mol. The van der Waals surface area contributed by atoms with Gasteiger partial charge in [-0.3, -0.25) is 29.0 Å². The number of aromatic amines is 1. The average Bonchev–Trinajstić information content (AvgIpc) is 1.62. The first-order chi connectivity index (χ1) is 45.9. The van der Waals surface area contributed by atoms with E-state index < -0.39 is 46.8 Å². The van der Waals surface area contributed by atoms with Crippen LogP contribution in [0.5, 0.6) is 11.5 Å². The van der Waals surface area contributed by atoms with Crippen molar-refractivity contribution in [2.45, 2.75) is 51.3 Å². The summed E-state index contributed by atoms with van der Waals surface area (Å²) < 4.78 is 98.0. The monoisotopic (exact) mass is 1320 g/mol. The van der Waals surface area contributed by atoms with Crippen molar-refractivity contribution in [1.29, 1.82) is 5.26 Å². The van der Waals surface area contributed by atoms with Crippen LogP contribution < -0.4 is 14.8 Å². The fourth-order valence-corrected chi connectivity index (χ4v) is 10.4. The predicted octanol–water partition coefficient (Wildman–Crippen LogP) is 3.76. The molecule has 6 heterocycles. The molecular formula is C63H80F3N13O15. The number of hydrogen-bond donors (Lipinski definition) is 3. The number of carbonyl (C=O) groups is 4. The summed E-state index contributed by atoms with van der Waals surface area (Å²) in [5, 5.41) is 35.7. The normalized spacial score (nSPS) is 14.6. The van der Waals surface area contributed by atoms with Gasteiger partial charge in [0.1, 0.15) is 23.6 Å². The Morgan fingerprint density at radius 2 is 1.41 bits per heavy atom. The minimum Gasteiger partial charge on any atom is -0.494 e. The molecule has 8 rings (SSSR count). The molecule has 508 valence electrons. The Morgan fingerprint density at radius 1 is 0.777 bits per heavy atom. The topological polar surface area (TPSA) is 316 Å². The van der Waals surface area contributed by atoms with Crippen LogP contribution in [-0.4, -0.2) is 254 Å². The Kier molecular flexibility index (Phi) is 29.7. The van der Waals surface area contributed by atoms with Crippen molar-refractivity contribution in [3.8, 4) is 23.4 Å². The number of nitrogens with zero attached hydrogens (tertiary/aromatic N) is 11. The molecule has 6 aromatic rings. The zero-order valence-electron chi connectivity index (χ0n) is 52.6. The Balaban J connectivity index is 0.601. The van der Waals surface area contributed by atoms with Crippen molar-refractivity contribution in [3.05, 3.63) is 113 Å². The minimum atomic E-state index is -1.31. The lowest BCUT2D eigenvalue weighted by atomic mass is 9.93. The summed E-state index contributed by atoms with van der Waals surface area (Å²) >= 11 is 0. The number of aliphatic hydroxyl groups is 1. The summed E-state index contributed by atoms with van der Waals surface area (Å²) in [7, 11) is 1.44. The number of carbonyl (C=O) groups excluding carboxylic acids is 4. The Hall–Kier alpha value is -8.13. The molecule has 0 bridgehead atoms. The number of fused-ring (bicyclic) bond motifs is 1. The van der Waals surface area contributed by atoms with Crippen LogP contribution in [0.3, 0.4) is 0 Å². The molecule has 1 atom stereocenters. The van der Waals surface area contributed by atoms with Crippen molar-refractivity contribution in [2.75, 3.05) is 165 Å². The number of Topliss-reactive ketones (excluding diaryl/α,β-unsaturated/α-hetero) is 1. The van der Waals surface area contributed by atoms with Crippen LogP contribution in [0.2, 0.25) is 0 Å². The van der Waals surface area contributed by atoms with Gasteiger partial charge in [0.2, 0.25) is 11.6 Å². The number of likely N-dealkylation sites (tertiary alicyclic amines) is 1. The summed E-state index contributed by atoms with van der Waals surface area (Å²) in [6.45, 7) is 10.8. The van der Waals surface area contributed by atoms with Crippen LogP contribution in [0.15, 0.2) is 73.0 Å². The Bertz CT molecular complexity index is 3410. The highest BCUT2D eigenvalue weighted by atomic mass is 19.1. The van der Waals surface area contributed by atoms with Gasteiger partial charge in [0.15, 0.2) is 17.5 Å². The molecule has 2 aromatic carbocycles. The first-order valence-corrected chi connectivity index (χ1v) is 31.1. The largest absolute Gasteiger partial charge is 0.494 e. The number of aromatic nitrogens is 8. The number of esters is 1. The molecule has 0 aliphatic carbocycles. The van der Waals surface area contributed by atoms with Crippen molar-refractivity contribution in [1.82, 2.24) is 59.7 Å². The minimum absolute atomic E-state index is 0.0556. The molecule has 3 N–H and O–H groups in total. The van der Waals surface area contributed by atoms with Gasteiger partial charge < -0.3 is 67.7 Å². The Labute approximate surface area is 541 Å². The first-order valence-electron chi connectivity index (χ1n) is 31.1. The molecule has 0 saturated carbocycles. The standard InChI is InChI=1S/C63H80F3N13O15/c1-85-54-40-70-61(57-56(54)51(39-69-57)58(82)63(84)77-14-8-46(9-15-77)50(38-67)45-6-3-2-4-7-45)79-44-71-60(73-79)62(83)68-12-5-13-76-17-16-75(42-49(76)10-20-80)18-22-87-25-28-90-32-33-92-34-35-93-43-48-41-78(74-72-48)19-23-88-26-29-91-31-30-89-27-24-86-21-11-55(81)94-59-52(65)36-47(64)37-53(59)66/h2-4,6-7,36-37,39-41,44,49,69,80H,5,8-35,42-43H2,1H3,(H,68,83). The van der Waals surface area contributed by atoms with E-state index in [0.29, 0.717) is 159 Å². The summed E-state index contributed by atoms with van der Waals surface area (Å²) in [5.41, 5.74) is 3.48. The van der Waals surface area contributed by atoms with Gasteiger partial charge in [-0.25, -0.2) is 27.8 Å². The van der Waals surface area contributed by atoms with Crippen LogP contribution in [0, 0.1) is 28.8 Å². The average molecular weight is 1320 g/mol. The first kappa shape index (κ1) is 71.7. The van der Waals surface area contributed by atoms with Crippen molar-refractivity contribution >= 4 is 40.0 Å². The zero-order chi connectivity index (χ0) is 66.3. The highest BCUT2D eigenvalue weighted by Gasteiger charge is 2.31. The molecule has 0 radical (unpaired) electrons. The number of H-pyrrole nitrogens is 1. The lowest BCUT2D eigenvalue weighted by Crippen LogP contribution is -2.54. The molecule has 31 heteroatoms. The lowest BCUT2D eigenvalue weighted by molar-refractivity contribution is -0.136. The third kappa shape index (κ3) is 22.0. The number of halogens is 3. The van der Waals surface area contributed by atoms with Crippen LogP contribution in [0.4, 0.5) is 13.2 Å². The fourth-order valence-electron chi connectivity index (χ4n) is 10.4. The molecule has 28 nitrogen and oxygen atoms in total. The highest BCUT2D eigenvalue weighted by Crippen LogP contribution is 2.33. The smallest absolute Gasteiger partial charge is 0.313 e. The van der Waals surface area contributed by atoms with Gasteiger partial charge in [-0.1, -0.05) is 35.5 Å². The maximum Gasteiger partial charge on any atom is 0.313 e. The van der Waals surface area contributed by atoms with Gasteiger partial charge in [-0.15, -0.1) is 10.2 Å². The second kappa shape index (κ2) is 38.9. The molecule has 2 aliphatic heterocycles. The summed E-state index contributed by atoms with van der Waals surface area (Å²) in [6.07, 6.45) is 7.93. The molecule has 2 amide bonds. The third-order valence-electron chi connectivity index (χ3n) is 15.2. The number of aliphatic hydroxyl groups excluding tert-OH is 1. The number of hydrogen-bond acceptors (Lipinski definition) is 23. The second-order valence-corrected chi connectivity index (χ2v) is 21.5. The molecule has 0 spiro atoms. The number of allylic oxidation sites excluding steroid dienone is 1. The second-order valence-electron chi connectivity index (χ2n) is 21.5. The van der Waals surface area contributed by atoms with Crippen LogP contribution in [-0.2, 0) is 60.6 Å². The molecule has 4 aromatic heterocycles. The number of nitrogens with one attached hydrogen (secondary N) is 2. The number of rotatable bonds is 42. The van der Waals surface area contributed by atoms with E-state index in [1.165, 1.54) is 35.4 Å². The number of methoxy groups -OCH3 is 1. The maximum atomic E-state index is 13.8. The number of nitriles is 1. The van der Waals surface area contributed by atoms with E-state index >= 15 is 0 Å². The van der Waals surface area contributed by atoms with Gasteiger partial charge in [0.05, 0.1) is 166 Å². The quantitative estimate of drug-likeness (QED) is 0.0123. The summed E-state index contributed by atoms with van der Waals surface area (Å²) in [6, 6.07) is 12.7. The maximum absolute atomic E-state index is 13.8. The van der Waals surface area contributed by atoms with E-state index in [-0.39, 0.29) is 81.5 Å². The van der Waals surface area contributed by atoms with Crippen molar-refractivity contribution in [3.63, 3.8) is 0 Å².